The normalized spacial score (nSPS) is 11.8. The monoisotopic (exact) mass is 265 g/mol. The van der Waals surface area contributed by atoms with Crippen molar-refractivity contribution in [1.29, 1.82) is 0 Å². The maximum Gasteiger partial charge on any atom is 0.226 e. The van der Waals surface area contributed by atoms with Crippen molar-refractivity contribution in [3.63, 3.8) is 0 Å². The molecule has 0 N–H and O–H groups in total. The summed E-state index contributed by atoms with van der Waals surface area (Å²) in [5.41, 5.74) is 0.929. The van der Waals surface area contributed by atoms with Gasteiger partial charge in [-0.1, -0.05) is 13.0 Å². The van der Waals surface area contributed by atoms with Crippen LogP contribution in [-0.2, 0) is 11.2 Å². The van der Waals surface area contributed by atoms with Crippen molar-refractivity contribution in [2.45, 2.75) is 32.7 Å². The molecule has 1 rings (SSSR count). The van der Waals surface area contributed by atoms with Crippen molar-refractivity contribution < 1.29 is 14.3 Å². The lowest BCUT2D eigenvalue weighted by molar-refractivity contribution is -0.130. The molecule has 1 amide bonds. The van der Waals surface area contributed by atoms with Gasteiger partial charge in [0.25, 0.3) is 0 Å². The molecule has 0 aromatic heterocycles. The number of carbonyl (C=O) groups excluding carboxylic acids is 1. The van der Waals surface area contributed by atoms with E-state index in [0.29, 0.717) is 17.9 Å². The lowest BCUT2D eigenvalue weighted by Crippen LogP contribution is -2.35. The van der Waals surface area contributed by atoms with Crippen LogP contribution in [0.5, 0.6) is 11.5 Å². The molecule has 106 valence electrons. The van der Waals surface area contributed by atoms with Gasteiger partial charge in [0.1, 0.15) is 0 Å². The first-order valence-corrected chi connectivity index (χ1v) is 6.50. The van der Waals surface area contributed by atoms with Gasteiger partial charge in [0.05, 0.1) is 20.6 Å². The van der Waals surface area contributed by atoms with Crippen molar-refractivity contribution in [3.8, 4) is 11.5 Å². The number of nitrogens with zero attached hydrogens (tertiary/aromatic N) is 1. The van der Waals surface area contributed by atoms with Crippen LogP contribution in [-0.4, -0.2) is 38.1 Å². The third-order valence-corrected chi connectivity index (χ3v) is 3.45. The summed E-state index contributed by atoms with van der Waals surface area (Å²) in [7, 11) is 5.03. The highest BCUT2D eigenvalue weighted by Crippen LogP contribution is 2.27. The standard InChI is InChI=1S/C15H23NO3/c1-6-11(2)16(3)15(17)10-12-7-8-13(18-4)14(9-12)19-5/h7-9,11H,6,10H2,1-5H3. The molecule has 0 saturated carbocycles. The molecule has 0 fully saturated rings. The molecule has 0 spiro atoms. The minimum absolute atomic E-state index is 0.113. The predicted molar refractivity (Wildman–Crippen MR) is 75.8 cm³/mol. The molecule has 0 aliphatic rings. The molecule has 0 radical (unpaired) electrons. The zero-order valence-corrected chi connectivity index (χ0v) is 12.4. The molecule has 1 aromatic rings. The van der Waals surface area contributed by atoms with E-state index in [4.69, 9.17) is 9.47 Å². The molecule has 0 aliphatic carbocycles. The molecule has 1 atom stereocenters. The number of carbonyl (C=O) groups is 1. The van der Waals surface area contributed by atoms with Crippen LogP contribution in [0.15, 0.2) is 18.2 Å². The maximum absolute atomic E-state index is 12.1. The molecule has 1 aromatic carbocycles. The van der Waals surface area contributed by atoms with Gasteiger partial charge in [0.15, 0.2) is 11.5 Å². The number of ether oxygens (including phenoxy) is 2. The fourth-order valence-corrected chi connectivity index (χ4v) is 1.81. The van der Waals surface area contributed by atoms with Crippen LogP contribution in [0.3, 0.4) is 0 Å². The summed E-state index contributed by atoms with van der Waals surface area (Å²) in [6.45, 7) is 4.12. The number of rotatable bonds is 6. The van der Waals surface area contributed by atoms with E-state index in [-0.39, 0.29) is 11.9 Å². The molecule has 4 nitrogen and oxygen atoms in total. The predicted octanol–water partition coefficient (Wildman–Crippen LogP) is 2.50. The second-order valence-corrected chi connectivity index (χ2v) is 4.63. The quantitative estimate of drug-likeness (QED) is 0.793. The van der Waals surface area contributed by atoms with Crippen LogP contribution >= 0.6 is 0 Å². The van der Waals surface area contributed by atoms with Gasteiger partial charge in [-0.25, -0.2) is 0 Å². The van der Waals surface area contributed by atoms with Crippen LogP contribution in [0.1, 0.15) is 25.8 Å². The molecule has 1 unspecified atom stereocenters. The number of hydrogen-bond donors (Lipinski definition) is 0. The Balaban J connectivity index is 2.80. The number of likely N-dealkylation sites (N-methyl/N-ethyl adjacent to an activating group) is 1. The second-order valence-electron chi connectivity index (χ2n) is 4.63. The summed E-state index contributed by atoms with van der Waals surface area (Å²) in [4.78, 5) is 13.9. The van der Waals surface area contributed by atoms with Crippen LogP contribution in [0.25, 0.3) is 0 Å². The first-order valence-electron chi connectivity index (χ1n) is 6.50. The van der Waals surface area contributed by atoms with Gasteiger partial charge in [-0.2, -0.15) is 0 Å². The summed E-state index contributed by atoms with van der Waals surface area (Å²) in [5, 5.41) is 0. The molecule has 0 aliphatic heterocycles. The summed E-state index contributed by atoms with van der Waals surface area (Å²) >= 11 is 0. The summed E-state index contributed by atoms with van der Waals surface area (Å²) in [6.07, 6.45) is 1.33. The number of hydrogen-bond acceptors (Lipinski definition) is 3. The highest BCUT2D eigenvalue weighted by Gasteiger charge is 2.15. The van der Waals surface area contributed by atoms with Crippen molar-refractivity contribution in [2.75, 3.05) is 21.3 Å². The third-order valence-electron chi connectivity index (χ3n) is 3.45. The van der Waals surface area contributed by atoms with Crippen LogP contribution in [0.2, 0.25) is 0 Å². The summed E-state index contributed by atoms with van der Waals surface area (Å²) in [6, 6.07) is 5.82. The minimum Gasteiger partial charge on any atom is -0.493 e. The number of benzene rings is 1. The van der Waals surface area contributed by atoms with Gasteiger partial charge in [-0.3, -0.25) is 4.79 Å². The Hall–Kier alpha value is -1.71. The average Bonchev–Trinajstić information content (AvgIpc) is 2.45. The van der Waals surface area contributed by atoms with Gasteiger partial charge in [0.2, 0.25) is 5.91 Å². The zero-order valence-electron chi connectivity index (χ0n) is 12.4. The molecule has 4 heteroatoms. The SMILES string of the molecule is CCC(C)N(C)C(=O)Cc1ccc(OC)c(OC)c1. The highest BCUT2D eigenvalue weighted by molar-refractivity contribution is 5.79. The number of amides is 1. The fraction of sp³-hybridized carbons (Fsp3) is 0.533. The van der Waals surface area contributed by atoms with E-state index in [0.717, 1.165) is 12.0 Å². The second kappa shape index (κ2) is 7.02. The van der Waals surface area contributed by atoms with Crippen molar-refractivity contribution >= 4 is 5.91 Å². The van der Waals surface area contributed by atoms with Crippen LogP contribution in [0.4, 0.5) is 0 Å². The molecule has 0 saturated heterocycles. The van der Waals surface area contributed by atoms with E-state index in [9.17, 15) is 4.79 Å². The van der Waals surface area contributed by atoms with Gasteiger partial charge in [0, 0.05) is 13.1 Å². The Morgan fingerprint density at radius 1 is 1.26 bits per heavy atom. The molecule has 0 heterocycles. The van der Waals surface area contributed by atoms with E-state index in [1.165, 1.54) is 0 Å². The largest absolute Gasteiger partial charge is 0.493 e. The van der Waals surface area contributed by atoms with Gasteiger partial charge < -0.3 is 14.4 Å². The Morgan fingerprint density at radius 3 is 2.42 bits per heavy atom. The lowest BCUT2D eigenvalue weighted by Gasteiger charge is -2.24. The van der Waals surface area contributed by atoms with Crippen LogP contribution < -0.4 is 9.47 Å². The lowest BCUT2D eigenvalue weighted by atomic mass is 10.1. The van der Waals surface area contributed by atoms with Gasteiger partial charge >= 0.3 is 0 Å². The van der Waals surface area contributed by atoms with E-state index >= 15 is 0 Å². The summed E-state index contributed by atoms with van der Waals surface area (Å²) < 4.78 is 10.4. The molecule has 0 bridgehead atoms. The number of methoxy groups -OCH3 is 2. The van der Waals surface area contributed by atoms with Crippen molar-refractivity contribution in [3.05, 3.63) is 23.8 Å². The van der Waals surface area contributed by atoms with Crippen LogP contribution in [0, 0.1) is 0 Å². The molecular formula is C15H23NO3. The zero-order chi connectivity index (χ0) is 14.4. The highest BCUT2D eigenvalue weighted by atomic mass is 16.5. The Morgan fingerprint density at radius 2 is 1.89 bits per heavy atom. The molecular weight excluding hydrogens is 242 g/mol. The van der Waals surface area contributed by atoms with Crippen molar-refractivity contribution in [2.24, 2.45) is 0 Å². The average molecular weight is 265 g/mol. The third kappa shape index (κ3) is 3.88. The Bertz CT molecular complexity index is 431. The van der Waals surface area contributed by atoms with Gasteiger partial charge in [-0.05, 0) is 31.0 Å². The maximum atomic E-state index is 12.1. The topological polar surface area (TPSA) is 38.8 Å². The smallest absolute Gasteiger partial charge is 0.226 e. The minimum atomic E-state index is 0.113. The van der Waals surface area contributed by atoms with Gasteiger partial charge in [-0.15, -0.1) is 0 Å². The van der Waals surface area contributed by atoms with E-state index in [2.05, 4.69) is 6.92 Å². The summed E-state index contributed by atoms with van der Waals surface area (Å²) in [5.74, 6) is 1.44. The molecule has 19 heavy (non-hydrogen) atoms. The Kier molecular flexibility index (Phi) is 5.67. The van der Waals surface area contributed by atoms with E-state index in [1.54, 1.807) is 19.1 Å². The van der Waals surface area contributed by atoms with E-state index in [1.807, 2.05) is 32.2 Å². The van der Waals surface area contributed by atoms with E-state index < -0.39 is 0 Å². The fourth-order valence-electron chi connectivity index (χ4n) is 1.81. The van der Waals surface area contributed by atoms with Crippen molar-refractivity contribution in [1.82, 2.24) is 4.90 Å². The first kappa shape index (κ1) is 15.3. The Labute approximate surface area is 115 Å². The first-order chi connectivity index (χ1) is 9.03.